The van der Waals surface area contributed by atoms with E-state index >= 15 is 4.79 Å². The van der Waals surface area contributed by atoms with Gasteiger partial charge in [0.25, 0.3) is 15.9 Å². The fourth-order valence-electron chi connectivity index (χ4n) is 6.44. The third-order valence-electron chi connectivity index (χ3n) is 8.89. The molecule has 11 nitrogen and oxygen atoms in total. The second kappa shape index (κ2) is 13.7. The van der Waals surface area contributed by atoms with Crippen molar-refractivity contribution in [1.82, 2.24) is 15.1 Å². The van der Waals surface area contributed by atoms with Crippen LogP contribution in [0.1, 0.15) is 36.5 Å². The van der Waals surface area contributed by atoms with Crippen LogP contribution >= 0.6 is 11.6 Å². The predicted octanol–water partition coefficient (Wildman–Crippen LogP) is 4.05. The molecule has 252 valence electrons. The first-order valence-electron chi connectivity index (χ1n) is 15.3. The van der Waals surface area contributed by atoms with Crippen LogP contribution in [0.25, 0.3) is 0 Å². The molecule has 47 heavy (non-hydrogen) atoms. The lowest BCUT2D eigenvalue weighted by atomic mass is 9.74. The average molecular weight is 685 g/mol. The minimum Gasteiger partial charge on any atom is -0.497 e. The smallest absolute Gasteiger partial charge is 0.274 e. The summed E-state index contributed by atoms with van der Waals surface area (Å²) in [5, 5.41) is 3.54. The molecule has 2 atom stereocenters. The molecule has 2 aliphatic heterocycles. The van der Waals surface area contributed by atoms with Gasteiger partial charge in [0.15, 0.2) is 0 Å². The number of hydrogen-bond donors (Lipinski definition) is 1. The van der Waals surface area contributed by atoms with E-state index in [0.29, 0.717) is 34.2 Å². The lowest BCUT2D eigenvalue weighted by Crippen LogP contribution is -2.53. The minimum absolute atomic E-state index is 0.0114. The Balaban J connectivity index is 1.72. The van der Waals surface area contributed by atoms with Crippen molar-refractivity contribution >= 4 is 39.1 Å². The highest BCUT2D eigenvalue weighted by atomic mass is 35.5. The highest BCUT2D eigenvalue weighted by Crippen LogP contribution is 2.52. The molecule has 0 radical (unpaired) electrons. The molecule has 1 N–H and O–H groups in total. The van der Waals surface area contributed by atoms with E-state index in [1.54, 1.807) is 33.2 Å². The number of halogens is 1. The Labute approximate surface area is 281 Å². The third-order valence-corrected chi connectivity index (χ3v) is 10.9. The maximum atomic E-state index is 15.1. The summed E-state index contributed by atoms with van der Waals surface area (Å²) < 4.78 is 46.6. The number of amides is 2. The average Bonchev–Trinajstić information content (AvgIpc) is 3.66. The van der Waals surface area contributed by atoms with Gasteiger partial charge >= 0.3 is 0 Å². The fraction of sp³-hybridized carbons (Fsp3) is 0.412. The first-order valence-corrected chi connectivity index (χ1v) is 17.2. The Hall–Kier alpha value is -3.84. The maximum absolute atomic E-state index is 15.1. The molecule has 3 aromatic carbocycles. The number of nitrogens with zero attached hydrogens (tertiary/aromatic N) is 3. The number of rotatable bonds is 12. The van der Waals surface area contributed by atoms with Gasteiger partial charge in [-0.15, -0.1) is 0 Å². The summed E-state index contributed by atoms with van der Waals surface area (Å²) in [5.74, 6) is -0.155. The second-order valence-electron chi connectivity index (χ2n) is 12.0. The van der Waals surface area contributed by atoms with Crippen molar-refractivity contribution in [1.29, 1.82) is 0 Å². The Kier molecular flexibility index (Phi) is 10.1. The van der Waals surface area contributed by atoms with Crippen molar-refractivity contribution in [2.75, 3.05) is 59.4 Å². The largest absolute Gasteiger partial charge is 0.497 e. The van der Waals surface area contributed by atoms with Crippen LogP contribution in [0.15, 0.2) is 59.5 Å². The number of carbonyl (C=O) groups excluding carboxylic acids is 2. The molecule has 0 bridgehead atoms. The van der Waals surface area contributed by atoms with Gasteiger partial charge in [-0.1, -0.05) is 23.7 Å². The van der Waals surface area contributed by atoms with E-state index in [1.807, 2.05) is 18.2 Å². The van der Waals surface area contributed by atoms with E-state index < -0.39 is 27.4 Å². The number of anilines is 1. The van der Waals surface area contributed by atoms with Crippen LogP contribution in [0.5, 0.6) is 17.2 Å². The summed E-state index contributed by atoms with van der Waals surface area (Å²) in [6.07, 6.45) is 2.28. The zero-order chi connectivity index (χ0) is 34.1. The van der Waals surface area contributed by atoms with Crippen LogP contribution in [-0.4, -0.2) is 91.1 Å². The lowest BCUT2D eigenvalue weighted by Gasteiger charge is -2.33. The van der Waals surface area contributed by atoms with E-state index in [2.05, 4.69) is 10.2 Å². The lowest BCUT2D eigenvalue weighted by molar-refractivity contribution is -0.131. The second-order valence-corrected chi connectivity index (χ2v) is 14.2. The van der Waals surface area contributed by atoms with Gasteiger partial charge in [0.2, 0.25) is 5.91 Å². The van der Waals surface area contributed by atoms with Crippen molar-refractivity contribution in [3.63, 3.8) is 0 Å². The zero-order valence-electron chi connectivity index (χ0n) is 27.5. The van der Waals surface area contributed by atoms with E-state index in [-0.39, 0.29) is 28.8 Å². The number of benzene rings is 3. The molecule has 1 saturated heterocycles. The molecule has 1 fully saturated rings. The first-order chi connectivity index (χ1) is 22.4. The number of fused-ring (bicyclic) bond motifs is 1. The van der Waals surface area contributed by atoms with Crippen LogP contribution in [-0.2, 0) is 31.6 Å². The molecular weight excluding hydrogens is 644 g/mol. The van der Waals surface area contributed by atoms with Crippen molar-refractivity contribution in [3.05, 3.63) is 76.3 Å². The summed E-state index contributed by atoms with van der Waals surface area (Å²) in [6.45, 7) is 4.28. The SMILES string of the molecule is COc1ccc(S(=O)(=O)N2C(=O)C(CN[C@@H](C)C(=O)N(C)C)(c3ccc(CN4CCCC4)cc3OC)c3cc(Cl)ccc32)c(OC)c1. The van der Waals surface area contributed by atoms with Gasteiger partial charge in [0.1, 0.15) is 27.6 Å². The van der Waals surface area contributed by atoms with Gasteiger partial charge < -0.3 is 24.4 Å². The Morgan fingerprint density at radius 2 is 1.66 bits per heavy atom. The van der Waals surface area contributed by atoms with Crippen LogP contribution < -0.4 is 23.8 Å². The molecule has 3 aromatic rings. The highest BCUT2D eigenvalue weighted by Gasteiger charge is 2.57. The van der Waals surface area contributed by atoms with Crippen molar-refractivity contribution < 1.29 is 32.2 Å². The van der Waals surface area contributed by atoms with E-state index in [9.17, 15) is 13.2 Å². The van der Waals surface area contributed by atoms with Crippen molar-refractivity contribution in [2.45, 2.75) is 42.7 Å². The van der Waals surface area contributed by atoms with E-state index in [4.69, 9.17) is 25.8 Å². The van der Waals surface area contributed by atoms with Gasteiger partial charge in [-0.05, 0) is 80.4 Å². The number of sulfonamides is 1. The quantitative estimate of drug-likeness (QED) is 0.302. The van der Waals surface area contributed by atoms with Crippen LogP contribution in [0.4, 0.5) is 5.69 Å². The Morgan fingerprint density at radius 3 is 2.30 bits per heavy atom. The highest BCUT2D eigenvalue weighted by molar-refractivity contribution is 7.93. The molecule has 1 unspecified atom stereocenters. The van der Waals surface area contributed by atoms with E-state index in [1.165, 1.54) is 50.5 Å². The number of likely N-dealkylation sites (tertiary alicyclic amines) is 1. The normalized spacial score (nSPS) is 18.6. The monoisotopic (exact) mass is 684 g/mol. The molecule has 5 rings (SSSR count). The molecule has 13 heteroatoms. The molecule has 2 amide bonds. The Bertz CT molecular complexity index is 1780. The number of hydrogen-bond acceptors (Lipinski definition) is 9. The van der Waals surface area contributed by atoms with E-state index in [0.717, 1.165) is 35.8 Å². The third kappa shape index (κ3) is 6.27. The molecule has 2 aliphatic rings. The number of likely N-dealkylation sites (N-methyl/N-ethyl adjacent to an activating group) is 1. The topological polar surface area (TPSA) is 118 Å². The molecule has 0 aromatic heterocycles. The molecule has 2 heterocycles. The maximum Gasteiger partial charge on any atom is 0.274 e. The summed E-state index contributed by atoms with van der Waals surface area (Å²) in [4.78, 5) is 31.6. The minimum atomic E-state index is -4.56. The number of methoxy groups -OCH3 is 3. The summed E-state index contributed by atoms with van der Waals surface area (Å²) in [6, 6.07) is 13.9. The van der Waals surface area contributed by atoms with Gasteiger partial charge in [-0.25, -0.2) is 12.7 Å². The van der Waals surface area contributed by atoms with Crippen molar-refractivity contribution in [3.8, 4) is 17.2 Å². The van der Waals surface area contributed by atoms with Crippen LogP contribution in [0.2, 0.25) is 5.02 Å². The fourth-order valence-corrected chi connectivity index (χ4v) is 8.24. The van der Waals surface area contributed by atoms with Gasteiger partial charge in [-0.2, -0.15) is 0 Å². The summed E-state index contributed by atoms with van der Waals surface area (Å²) in [5.41, 5.74) is 0.263. The predicted molar refractivity (Wildman–Crippen MR) is 180 cm³/mol. The number of carbonyl (C=O) groups is 2. The van der Waals surface area contributed by atoms with Gasteiger partial charge in [-0.3, -0.25) is 14.5 Å². The summed E-state index contributed by atoms with van der Waals surface area (Å²) >= 11 is 6.56. The van der Waals surface area contributed by atoms with Crippen molar-refractivity contribution in [2.24, 2.45) is 0 Å². The summed E-state index contributed by atoms with van der Waals surface area (Å²) in [7, 11) is 3.05. The van der Waals surface area contributed by atoms with Gasteiger partial charge in [0, 0.05) is 43.8 Å². The first kappa shape index (κ1) is 34.5. The van der Waals surface area contributed by atoms with Crippen LogP contribution in [0.3, 0.4) is 0 Å². The molecule has 0 aliphatic carbocycles. The Morgan fingerprint density at radius 1 is 0.957 bits per heavy atom. The standard InChI is InChI=1S/C34H41ClN4O7S/c1-22(32(40)37(2)3)36-21-34(26-12-9-23(17-29(26)45-5)20-38-15-7-8-16-38)27-18-24(35)10-13-28(27)39(33(34)41)47(42,43)31-14-11-25(44-4)19-30(31)46-6/h9-14,17-19,22,36H,7-8,15-16,20-21H2,1-6H3/t22-,34?/m0/s1. The van der Waals surface area contributed by atoms with Gasteiger partial charge in [0.05, 0.1) is 33.1 Å². The molecule has 0 saturated carbocycles. The van der Waals surface area contributed by atoms with Crippen LogP contribution in [0, 0.1) is 0 Å². The zero-order valence-corrected chi connectivity index (χ0v) is 29.1. The number of ether oxygens (including phenoxy) is 3. The molecule has 0 spiro atoms. The number of nitrogens with one attached hydrogen (secondary N) is 1. The molecular formula is C34H41ClN4O7S.